The fourth-order valence-corrected chi connectivity index (χ4v) is 0.700. The molecular formula is C7H15NO4. The molecule has 0 saturated heterocycles. The molecule has 1 unspecified atom stereocenters. The molecule has 12 heavy (non-hydrogen) atoms. The van der Waals surface area contributed by atoms with Crippen LogP contribution in [0.5, 0.6) is 0 Å². The Morgan fingerprint density at radius 3 is 2.50 bits per heavy atom. The molecule has 0 saturated carbocycles. The fraction of sp³-hybridized carbons (Fsp3) is 0.857. The number of esters is 1. The van der Waals surface area contributed by atoms with E-state index in [-0.39, 0.29) is 6.61 Å². The molecule has 72 valence electrons. The van der Waals surface area contributed by atoms with Gasteiger partial charge in [0, 0.05) is 7.11 Å². The van der Waals surface area contributed by atoms with E-state index in [0.29, 0.717) is 6.61 Å². The predicted octanol–water partition coefficient (Wildman–Crippen LogP) is -0.155. The minimum atomic E-state index is -1.20. The largest absolute Gasteiger partial charge is 0.464 e. The Labute approximate surface area is 71.7 Å². The quantitative estimate of drug-likeness (QED) is 0.467. The van der Waals surface area contributed by atoms with Gasteiger partial charge in [-0.05, 0) is 13.8 Å². The van der Waals surface area contributed by atoms with Crippen LogP contribution in [0.25, 0.3) is 0 Å². The third-order valence-corrected chi connectivity index (χ3v) is 1.39. The van der Waals surface area contributed by atoms with Crippen LogP contribution in [-0.4, -0.2) is 31.9 Å². The highest BCUT2D eigenvalue weighted by molar-refractivity contribution is 5.79. The van der Waals surface area contributed by atoms with Gasteiger partial charge in [0.15, 0.2) is 0 Å². The molecule has 1 atom stereocenters. The number of hydrogen-bond acceptors (Lipinski definition) is 5. The number of ether oxygens (including phenoxy) is 2. The minimum absolute atomic E-state index is 0.0718. The van der Waals surface area contributed by atoms with Gasteiger partial charge >= 0.3 is 5.97 Å². The number of rotatable bonds is 5. The molecule has 0 fully saturated rings. The summed E-state index contributed by atoms with van der Waals surface area (Å²) in [6.45, 7) is 3.58. The van der Waals surface area contributed by atoms with E-state index in [2.05, 4.69) is 4.84 Å². The Morgan fingerprint density at radius 2 is 2.17 bits per heavy atom. The third kappa shape index (κ3) is 2.77. The summed E-state index contributed by atoms with van der Waals surface area (Å²) in [5, 5.41) is 0. The molecule has 0 aromatic heterocycles. The zero-order chi connectivity index (χ0) is 9.61. The van der Waals surface area contributed by atoms with Crippen LogP contribution in [0.1, 0.15) is 13.8 Å². The van der Waals surface area contributed by atoms with Crippen molar-refractivity contribution >= 4 is 5.97 Å². The summed E-state index contributed by atoms with van der Waals surface area (Å²) in [4.78, 5) is 15.7. The highest BCUT2D eigenvalue weighted by Gasteiger charge is 2.35. The van der Waals surface area contributed by atoms with Gasteiger partial charge < -0.3 is 9.47 Å². The Bertz CT molecular complexity index is 150. The summed E-state index contributed by atoms with van der Waals surface area (Å²) < 4.78 is 9.49. The van der Waals surface area contributed by atoms with Crippen LogP contribution >= 0.6 is 0 Å². The van der Waals surface area contributed by atoms with Crippen molar-refractivity contribution in [1.29, 1.82) is 0 Å². The van der Waals surface area contributed by atoms with Crippen LogP contribution in [0.3, 0.4) is 0 Å². The fourth-order valence-electron chi connectivity index (χ4n) is 0.700. The highest BCUT2D eigenvalue weighted by Crippen LogP contribution is 2.10. The van der Waals surface area contributed by atoms with Crippen molar-refractivity contribution < 1.29 is 19.1 Å². The first-order chi connectivity index (χ1) is 5.60. The van der Waals surface area contributed by atoms with Gasteiger partial charge in [-0.2, -0.15) is 0 Å². The average Bonchev–Trinajstić information content (AvgIpc) is 2.05. The van der Waals surface area contributed by atoms with E-state index in [9.17, 15) is 4.79 Å². The molecular weight excluding hydrogens is 162 g/mol. The summed E-state index contributed by atoms with van der Waals surface area (Å²) >= 11 is 0. The Morgan fingerprint density at radius 1 is 1.58 bits per heavy atom. The first-order valence-electron chi connectivity index (χ1n) is 3.64. The van der Waals surface area contributed by atoms with Crippen molar-refractivity contribution in [1.82, 2.24) is 0 Å². The second-order valence-electron chi connectivity index (χ2n) is 2.50. The van der Waals surface area contributed by atoms with Crippen LogP contribution in [-0.2, 0) is 19.1 Å². The van der Waals surface area contributed by atoms with Gasteiger partial charge in [0.1, 0.15) is 0 Å². The molecule has 0 amide bonds. The molecule has 0 aliphatic rings. The molecule has 0 spiro atoms. The van der Waals surface area contributed by atoms with Crippen molar-refractivity contribution in [3.63, 3.8) is 0 Å². The van der Waals surface area contributed by atoms with Crippen LogP contribution in [0.15, 0.2) is 0 Å². The van der Waals surface area contributed by atoms with E-state index in [1.807, 2.05) is 0 Å². The molecule has 0 bridgehead atoms. The maximum absolute atomic E-state index is 11.2. The number of nitrogens with two attached hydrogens (primary N) is 1. The van der Waals surface area contributed by atoms with Crippen LogP contribution in [0.2, 0.25) is 0 Å². The molecule has 0 radical (unpaired) electrons. The zero-order valence-corrected chi connectivity index (χ0v) is 7.62. The van der Waals surface area contributed by atoms with Crippen LogP contribution in [0, 0.1) is 0 Å². The Balaban J connectivity index is 4.18. The van der Waals surface area contributed by atoms with E-state index in [0.717, 1.165) is 0 Å². The molecule has 0 rings (SSSR count). The molecule has 0 aromatic rings. The van der Waals surface area contributed by atoms with Gasteiger partial charge in [0.05, 0.1) is 13.2 Å². The van der Waals surface area contributed by atoms with E-state index in [1.165, 1.54) is 14.0 Å². The normalized spacial score (nSPS) is 15.3. The molecule has 2 N–H and O–H groups in total. The lowest BCUT2D eigenvalue weighted by Gasteiger charge is -2.23. The molecule has 0 aliphatic heterocycles. The summed E-state index contributed by atoms with van der Waals surface area (Å²) in [5.74, 6) is 4.42. The van der Waals surface area contributed by atoms with E-state index in [4.69, 9.17) is 15.4 Å². The molecule has 0 aromatic carbocycles. The lowest BCUT2D eigenvalue weighted by Crippen LogP contribution is -2.46. The SMILES string of the molecule is CCOC(=O)C(C)(COC)ON. The van der Waals surface area contributed by atoms with Crippen LogP contribution in [0.4, 0.5) is 0 Å². The molecule has 5 nitrogen and oxygen atoms in total. The van der Waals surface area contributed by atoms with Crippen molar-refractivity contribution in [2.75, 3.05) is 20.3 Å². The van der Waals surface area contributed by atoms with Crippen molar-refractivity contribution in [2.45, 2.75) is 19.4 Å². The van der Waals surface area contributed by atoms with Gasteiger partial charge in [-0.15, -0.1) is 0 Å². The first-order valence-corrected chi connectivity index (χ1v) is 3.64. The third-order valence-electron chi connectivity index (χ3n) is 1.39. The lowest BCUT2D eigenvalue weighted by molar-refractivity contribution is -0.177. The summed E-state index contributed by atoms with van der Waals surface area (Å²) in [7, 11) is 1.45. The smallest absolute Gasteiger partial charge is 0.342 e. The molecule has 0 aliphatic carbocycles. The van der Waals surface area contributed by atoms with Crippen LogP contribution < -0.4 is 5.90 Å². The molecule has 5 heteroatoms. The summed E-state index contributed by atoms with van der Waals surface area (Å²) in [6.07, 6.45) is 0. The lowest BCUT2D eigenvalue weighted by atomic mass is 10.1. The van der Waals surface area contributed by atoms with Gasteiger partial charge in [-0.3, -0.25) is 4.84 Å². The van der Waals surface area contributed by atoms with Gasteiger partial charge in [0.2, 0.25) is 5.60 Å². The predicted molar refractivity (Wildman–Crippen MR) is 42.2 cm³/mol. The van der Waals surface area contributed by atoms with E-state index < -0.39 is 11.6 Å². The topological polar surface area (TPSA) is 70.8 Å². The van der Waals surface area contributed by atoms with Gasteiger partial charge in [-0.1, -0.05) is 0 Å². The maximum Gasteiger partial charge on any atom is 0.342 e. The number of carbonyl (C=O) groups excluding carboxylic acids is 1. The van der Waals surface area contributed by atoms with Gasteiger partial charge in [-0.25, -0.2) is 10.7 Å². The zero-order valence-electron chi connectivity index (χ0n) is 7.62. The number of hydrogen-bond donors (Lipinski definition) is 1. The Hall–Kier alpha value is -0.650. The van der Waals surface area contributed by atoms with Crippen molar-refractivity contribution in [3.8, 4) is 0 Å². The average molecular weight is 177 g/mol. The Kier molecular flexibility index (Phi) is 4.80. The van der Waals surface area contributed by atoms with E-state index in [1.54, 1.807) is 6.92 Å². The van der Waals surface area contributed by atoms with E-state index >= 15 is 0 Å². The van der Waals surface area contributed by atoms with Crippen molar-refractivity contribution in [2.24, 2.45) is 5.90 Å². The number of carbonyl (C=O) groups is 1. The minimum Gasteiger partial charge on any atom is -0.464 e. The maximum atomic E-state index is 11.2. The molecule has 0 heterocycles. The van der Waals surface area contributed by atoms with Gasteiger partial charge in [0.25, 0.3) is 0 Å². The summed E-state index contributed by atoms with van der Waals surface area (Å²) in [6, 6.07) is 0. The monoisotopic (exact) mass is 177 g/mol. The highest BCUT2D eigenvalue weighted by atomic mass is 16.7. The standard InChI is InChI=1S/C7H15NO4/c1-4-11-6(9)7(2,12-8)5-10-3/h4-5,8H2,1-3H3. The second kappa shape index (κ2) is 5.08. The number of methoxy groups -OCH3 is 1. The first kappa shape index (κ1) is 11.4. The summed E-state index contributed by atoms with van der Waals surface area (Å²) in [5.41, 5.74) is -1.20. The second-order valence-corrected chi connectivity index (χ2v) is 2.50. The van der Waals surface area contributed by atoms with Crippen molar-refractivity contribution in [3.05, 3.63) is 0 Å².